The third-order valence-corrected chi connectivity index (χ3v) is 12.1. The second-order valence-corrected chi connectivity index (χ2v) is 26.6. The number of carbonyl (C=O) groups is 11. The molecule has 2 saturated heterocycles. The number of rotatable bonds is 5. The van der Waals surface area contributed by atoms with Crippen LogP contribution in [0.1, 0.15) is 183 Å². The van der Waals surface area contributed by atoms with Gasteiger partial charge in [0.2, 0.25) is 11.6 Å². The van der Waals surface area contributed by atoms with Crippen LogP contribution in [0.4, 0.5) is 24.0 Å². The number of piperidine rings is 2. The molecule has 5 aliphatic rings. The van der Waals surface area contributed by atoms with Gasteiger partial charge in [-0.3, -0.25) is 34.6 Å². The summed E-state index contributed by atoms with van der Waals surface area (Å²) in [6.07, 6.45) is 1.97. The van der Waals surface area contributed by atoms with Crippen LogP contribution in [0, 0.1) is 0 Å². The molecule has 2 aromatic rings. The van der Waals surface area contributed by atoms with Crippen LogP contribution in [0.15, 0.2) is 4.99 Å². The Morgan fingerprint density at radius 3 is 1.29 bits per heavy atom. The fourth-order valence-electron chi connectivity index (χ4n) is 7.54. The van der Waals surface area contributed by atoms with Crippen LogP contribution < -0.4 is 21.9 Å². The van der Waals surface area contributed by atoms with Crippen molar-refractivity contribution in [1.82, 2.24) is 60.3 Å². The molecule has 0 atom stereocenters. The molecule has 7 heterocycles. The Morgan fingerprint density at radius 2 is 0.912 bits per heavy atom. The maximum Gasteiger partial charge on any atom is 0.519 e. The van der Waals surface area contributed by atoms with Crippen molar-refractivity contribution in [2.24, 2.45) is 10.8 Å². The number of aromatic nitrogens is 6. The van der Waals surface area contributed by atoms with Gasteiger partial charge < -0.3 is 67.3 Å². The molecule has 4 amide bonds. The van der Waals surface area contributed by atoms with Gasteiger partial charge in [0.1, 0.15) is 39.6 Å². The minimum absolute atomic E-state index is 0. The number of likely N-dealkylation sites (tertiary alicyclic amines) is 1. The number of amides is 4. The van der Waals surface area contributed by atoms with E-state index in [0.717, 1.165) is 49.8 Å². The number of Topliss-reactive ketones (excluding diaryl/α,β-unsaturated/α-hetero) is 2. The Labute approximate surface area is 692 Å². The van der Waals surface area contributed by atoms with Crippen LogP contribution in [-0.2, 0) is 212 Å². The third kappa shape index (κ3) is 49.9. The van der Waals surface area contributed by atoms with E-state index in [1.165, 1.54) is 4.90 Å². The number of esters is 3. The molecular weight excluding hydrogens is 2270 g/mol. The van der Waals surface area contributed by atoms with E-state index in [-0.39, 0.29) is 186 Å². The first-order valence-corrected chi connectivity index (χ1v) is 32.2. The van der Waals surface area contributed by atoms with E-state index in [1.807, 2.05) is 68.6 Å². The number of thioether (sulfide) groups is 1. The van der Waals surface area contributed by atoms with Crippen molar-refractivity contribution in [2.75, 3.05) is 85.0 Å². The smallest absolute Gasteiger partial charge is 0.460 e. The van der Waals surface area contributed by atoms with Crippen LogP contribution in [-0.4, -0.2) is 228 Å². The summed E-state index contributed by atoms with van der Waals surface area (Å²) in [7, 11) is 0. The van der Waals surface area contributed by atoms with Gasteiger partial charge in [-0.15, -0.1) is 44.6 Å². The molecule has 0 aromatic carbocycles. The zero-order valence-corrected chi connectivity index (χ0v) is 79.4. The number of hydrazine groups is 1. The summed E-state index contributed by atoms with van der Waals surface area (Å²) in [5, 5.41) is 22.6. The number of nitrogens with two attached hydrogens (primary N) is 1. The van der Waals surface area contributed by atoms with Crippen LogP contribution in [0.25, 0.3) is 0 Å². The Balaban J connectivity index is -0.000000208. The fraction of sp³-hybridized carbons (Fsp3) is 0.733. The molecular formula is C60H103ClN14O20SVW5. The average molecular weight is 2380 g/mol. The first kappa shape index (κ1) is 112. The Kier molecular flexibility index (Phi) is 60.9. The SMILES string of the molecule is CC(C)(C)OC(=O)N1CCCC(=O)C1.CC(C)(C)OC(=O)OC(=O)OC(C)(C)C.CCOC(=O)C(=O)NN.CCOC(=O)c1nnc2n1CCN(C(=O)OC(C)(C)C)C2.CCOC(=O)c1nnc2n1CCNC2.CSC1=NCCN(C(=O)OC(C)(C)C)C1.Cl.O=C1CCCNC1.[V].[W].[W].[W].[W].[W]. The number of fused-ring (bicyclic) bond motifs is 2. The normalized spacial score (nSPS) is 14.1. The van der Waals surface area contributed by atoms with Gasteiger partial charge in [-0.25, -0.2) is 44.2 Å². The van der Waals surface area contributed by atoms with Gasteiger partial charge in [0.05, 0.1) is 64.1 Å². The number of ether oxygens (including phenoxy) is 9. The van der Waals surface area contributed by atoms with Gasteiger partial charge >= 0.3 is 54.4 Å². The number of hydrogen-bond donors (Lipinski definition) is 4. The molecule has 102 heavy (non-hydrogen) atoms. The first-order valence-electron chi connectivity index (χ1n) is 31.0. The molecule has 0 spiro atoms. The number of aliphatic imine (C=N–C) groups is 1. The number of nitrogens with one attached hydrogen (secondary N) is 3. The van der Waals surface area contributed by atoms with Crippen molar-refractivity contribution in [3.05, 3.63) is 23.3 Å². The number of halogens is 1. The Hall–Kier alpha value is -3.73. The summed E-state index contributed by atoms with van der Waals surface area (Å²) in [5.74, 6) is 4.11. The molecule has 42 heteroatoms. The predicted octanol–water partition coefficient (Wildman–Crippen LogP) is 6.11. The second kappa shape index (κ2) is 55.7. The maximum absolute atomic E-state index is 12.0. The van der Waals surface area contributed by atoms with Crippen molar-refractivity contribution in [1.29, 1.82) is 0 Å². The van der Waals surface area contributed by atoms with E-state index in [1.54, 1.807) is 98.4 Å². The zero-order valence-electron chi connectivity index (χ0n) is 61.7. The largest absolute Gasteiger partial charge is 0.519 e. The van der Waals surface area contributed by atoms with Gasteiger partial charge in [-0.2, -0.15) is 0 Å². The molecule has 2 aromatic heterocycles. The van der Waals surface area contributed by atoms with E-state index in [9.17, 15) is 52.7 Å². The third-order valence-electron chi connectivity index (χ3n) is 11.4. The minimum atomic E-state index is -1.06. The summed E-state index contributed by atoms with van der Waals surface area (Å²) in [5.41, 5.74) is -1.21. The van der Waals surface area contributed by atoms with E-state index in [2.05, 4.69) is 51.3 Å². The maximum atomic E-state index is 12.0. The van der Waals surface area contributed by atoms with Crippen LogP contribution in [0.2, 0.25) is 0 Å². The predicted molar refractivity (Wildman–Crippen MR) is 353 cm³/mol. The summed E-state index contributed by atoms with van der Waals surface area (Å²) in [6.45, 7) is 40.2. The molecule has 1 radical (unpaired) electrons. The molecule has 0 saturated carbocycles. The summed E-state index contributed by atoms with van der Waals surface area (Å²) in [4.78, 5) is 131. The van der Waals surface area contributed by atoms with Crippen molar-refractivity contribution < 1.29 is 219 Å². The van der Waals surface area contributed by atoms with E-state index in [0.29, 0.717) is 82.8 Å². The molecule has 7 rings (SSSR count). The summed E-state index contributed by atoms with van der Waals surface area (Å²) in [6, 6.07) is 0. The molecule has 581 valence electrons. The molecule has 0 unspecified atom stereocenters. The van der Waals surface area contributed by atoms with Crippen molar-refractivity contribution >= 4 is 95.2 Å². The van der Waals surface area contributed by atoms with E-state index in [4.69, 9.17) is 33.2 Å². The molecule has 34 nitrogen and oxygen atoms in total. The molecule has 0 aliphatic carbocycles. The van der Waals surface area contributed by atoms with E-state index < -0.39 is 70.2 Å². The Bertz CT molecular complexity index is 2890. The quantitative estimate of drug-likeness (QED) is 0.0499. The van der Waals surface area contributed by atoms with Crippen molar-refractivity contribution in [3.8, 4) is 0 Å². The fourth-order valence-corrected chi connectivity index (χ4v) is 8.04. The van der Waals surface area contributed by atoms with Crippen molar-refractivity contribution in [3.63, 3.8) is 0 Å². The first-order chi connectivity index (χ1) is 44.1. The molecule has 0 bridgehead atoms. The van der Waals surface area contributed by atoms with Crippen LogP contribution in [0.3, 0.4) is 0 Å². The summed E-state index contributed by atoms with van der Waals surface area (Å²) < 4.78 is 47.1. The number of hydrogen-bond acceptors (Lipinski definition) is 29. The van der Waals surface area contributed by atoms with Crippen molar-refractivity contribution in [2.45, 2.75) is 204 Å². The van der Waals surface area contributed by atoms with Gasteiger partial charge in [-0.1, -0.05) is 0 Å². The average Bonchev–Trinajstić information content (AvgIpc) is 1.66. The number of ketones is 2. The monoisotopic (exact) mass is 2380 g/mol. The zero-order chi connectivity index (χ0) is 72.5. The standard InChI is InChI=1S/C13H20N4O4.C10H18N2O2S.C10H17NO3.C10H18O5.C8H12N4O2.C5H9NO.C4H8N2O3.ClH.V.5W/c1-5-20-11(18)10-15-14-9-8-16(6-7-17(9)10)12(19)21-13(2,3)4;1-10(2,3)14-9(13)12-6-5-11-8(7-12)15-4;1-10(2,3)14-9(13)11-6-4-5-8(12)7-11;1-9(2,3)14-7(11)13-8(12)15-10(4,5)6;1-2-14-8(13)7-11-10-6-5-9-3-4-12(6)7;7-5-2-1-3-6-4-5;1-2-9-4(8)3(7)6-5;;;;;;;/h5-8H2,1-4H3;5-7H2,1-4H3;4-7H2,1-3H3;1-6H3;9H,2-5H2,1H3;6H,1-4H2;2,5H2,1H3,(H,6,7);1H;;;;;;. The van der Waals surface area contributed by atoms with Gasteiger partial charge in [0.25, 0.3) is 0 Å². The Morgan fingerprint density at radius 1 is 0.500 bits per heavy atom. The summed E-state index contributed by atoms with van der Waals surface area (Å²) >= 11 is 1.59. The van der Waals surface area contributed by atoms with Gasteiger partial charge in [0, 0.05) is 176 Å². The van der Waals surface area contributed by atoms with Crippen LogP contribution in [0.5, 0.6) is 0 Å². The molecule has 2 fully saturated rings. The molecule has 5 aliphatic heterocycles. The van der Waals surface area contributed by atoms with Gasteiger partial charge in [-0.05, 0) is 150 Å². The van der Waals surface area contributed by atoms with Crippen LogP contribution >= 0.6 is 24.2 Å². The number of carbonyl (C=O) groups excluding carboxylic acids is 11. The van der Waals surface area contributed by atoms with Gasteiger partial charge in [0.15, 0.2) is 11.6 Å². The number of nitrogens with zero attached hydrogens (tertiary/aromatic N) is 10. The molecule has 5 N–H and O–H groups in total. The van der Waals surface area contributed by atoms with E-state index >= 15 is 0 Å². The minimum Gasteiger partial charge on any atom is -0.460 e. The second-order valence-electron chi connectivity index (χ2n) is 25.7. The topological polar surface area (TPSA) is 416 Å².